The molecule has 2 fully saturated rings. The number of hydrogen-bond donors (Lipinski definition) is 2. The van der Waals surface area contributed by atoms with Crippen molar-refractivity contribution < 1.29 is 9.15 Å². The standard InChI is InChI=1S/C22H39N5O2.HI/c1-19(2)27-12-7-20(8-13-27)25-22(24-10-6-21-5-3-16-29-21)23-9-4-11-26-14-17-28-18-15-26;/h3,5,16,19-20H,4,6-15,17-18H2,1-2H3,(H2,23,24,25);1H. The quantitative estimate of drug-likeness (QED) is 0.220. The molecule has 0 spiro atoms. The van der Waals surface area contributed by atoms with Gasteiger partial charge in [-0.15, -0.1) is 24.0 Å². The molecule has 0 saturated carbocycles. The van der Waals surface area contributed by atoms with E-state index in [9.17, 15) is 0 Å². The summed E-state index contributed by atoms with van der Waals surface area (Å²) in [5.41, 5.74) is 0. The Bertz CT molecular complexity index is 582. The molecule has 0 unspecified atom stereocenters. The highest BCUT2D eigenvalue weighted by molar-refractivity contribution is 14.0. The normalized spacial score (nSPS) is 19.6. The van der Waals surface area contributed by atoms with E-state index in [1.165, 1.54) is 12.8 Å². The lowest BCUT2D eigenvalue weighted by Crippen LogP contribution is -2.50. The molecule has 0 aromatic carbocycles. The zero-order valence-corrected chi connectivity index (χ0v) is 21.0. The van der Waals surface area contributed by atoms with Gasteiger partial charge < -0.3 is 24.7 Å². The van der Waals surface area contributed by atoms with Crippen molar-refractivity contribution in [2.75, 3.05) is 59.0 Å². The summed E-state index contributed by atoms with van der Waals surface area (Å²) in [6.45, 7) is 13.5. The molecular formula is C22H40IN5O2. The van der Waals surface area contributed by atoms with Crippen molar-refractivity contribution in [3.8, 4) is 0 Å². The maximum Gasteiger partial charge on any atom is 0.191 e. The van der Waals surface area contributed by atoms with Crippen LogP contribution >= 0.6 is 24.0 Å². The first-order valence-electron chi connectivity index (χ1n) is 11.3. The predicted molar refractivity (Wildman–Crippen MR) is 133 cm³/mol. The number of morpholine rings is 1. The summed E-state index contributed by atoms with van der Waals surface area (Å²) in [4.78, 5) is 9.90. The number of rotatable bonds is 9. The second-order valence-corrected chi connectivity index (χ2v) is 8.34. The number of nitrogens with one attached hydrogen (secondary N) is 2. The second-order valence-electron chi connectivity index (χ2n) is 8.34. The third-order valence-corrected chi connectivity index (χ3v) is 5.85. The van der Waals surface area contributed by atoms with Gasteiger partial charge in [-0.25, -0.2) is 0 Å². The molecule has 0 radical (unpaired) electrons. The maximum absolute atomic E-state index is 5.44. The van der Waals surface area contributed by atoms with Crippen molar-refractivity contribution in [3.63, 3.8) is 0 Å². The van der Waals surface area contributed by atoms with Crippen molar-refractivity contribution >= 4 is 29.9 Å². The molecule has 3 rings (SSSR count). The summed E-state index contributed by atoms with van der Waals surface area (Å²) < 4.78 is 10.9. The minimum Gasteiger partial charge on any atom is -0.469 e. The first kappa shape index (κ1) is 25.4. The zero-order chi connectivity index (χ0) is 20.3. The topological polar surface area (TPSA) is 65.3 Å². The van der Waals surface area contributed by atoms with Crippen LogP contribution in [0.15, 0.2) is 27.8 Å². The van der Waals surface area contributed by atoms with Crippen LogP contribution in [0.4, 0.5) is 0 Å². The van der Waals surface area contributed by atoms with Crippen LogP contribution in [-0.4, -0.2) is 86.9 Å². The third kappa shape index (κ3) is 9.11. The number of halogens is 1. The monoisotopic (exact) mass is 533 g/mol. The molecule has 0 aliphatic carbocycles. The minimum atomic E-state index is 0. The van der Waals surface area contributed by atoms with Gasteiger partial charge in [0, 0.05) is 64.3 Å². The van der Waals surface area contributed by atoms with E-state index in [2.05, 4.69) is 34.3 Å². The van der Waals surface area contributed by atoms with Gasteiger partial charge in [-0.1, -0.05) is 0 Å². The summed E-state index contributed by atoms with van der Waals surface area (Å²) in [5.74, 6) is 1.95. The Labute approximate surface area is 199 Å². The number of piperidine rings is 1. The van der Waals surface area contributed by atoms with E-state index in [1.54, 1.807) is 6.26 Å². The van der Waals surface area contributed by atoms with Crippen LogP contribution < -0.4 is 10.6 Å². The lowest BCUT2D eigenvalue weighted by Gasteiger charge is -2.35. The number of furan rings is 1. The average Bonchev–Trinajstić information content (AvgIpc) is 3.25. The van der Waals surface area contributed by atoms with Gasteiger partial charge in [-0.2, -0.15) is 0 Å². The molecule has 7 nitrogen and oxygen atoms in total. The lowest BCUT2D eigenvalue weighted by molar-refractivity contribution is 0.0377. The van der Waals surface area contributed by atoms with E-state index in [-0.39, 0.29) is 24.0 Å². The van der Waals surface area contributed by atoms with Crippen LogP contribution in [0.5, 0.6) is 0 Å². The molecule has 2 aliphatic heterocycles. The molecule has 0 amide bonds. The molecule has 8 heteroatoms. The van der Waals surface area contributed by atoms with Crippen molar-refractivity contribution in [2.24, 2.45) is 4.99 Å². The lowest BCUT2D eigenvalue weighted by atomic mass is 10.0. The zero-order valence-electron chi connectivity index (χ0n) is 18.6. The summed E-state index contributed by atoms with van der Waals surface area (Å²) in [6.07, 6.45) is 6.02. The van der Waals surface area contributed by atoms with Crippen molar-refractivity contribution in [2.45, 2.75) is 51.6 Å². The molecule has 0 atom stereocenters. The van der Waals surface area contributed by atoms with Crippen LogP contribution in [0.3, 0.4) is 0 Å². The van der Waals surface area contributed by atoms with Gasteiger partial charge in [-0.3, -0.25) is 9.89 Å². The Balaban J connectivity index is 0.00000320. The average molecular weight is 533 g/mol. The Morgan fingerprint density at radius 2 is 1.97 bits per heavy atom. The first-order chi connectivity index (χ1) is 14.2. The number of aliphatic imine (C=N–C) groups is 1. The van der Waals surface area contributed by atoms with Gasteiger partial charge in [-0.05, 0) is 45.2 Å². The van der Waals surface area contributed by atoms with Gasteiger partial charge in [0.05, 0.1) is 19.5 Å². The molecule has 172 valence electrons. The largest absolute Gasteiger partial charge is 0.469 e. The van der Waals surface area contributed by atoms with E-state index in [1.807, 2.05) is 12.1 Å². The van der Waals surface area contributed by atoms with Gasteiger partial charge in [0.1, 0.15) is 5.76 Å². The van der Waals surface area contributed by atoms with E-state index in [0.717, 1.165) is 83.6 Å². The van der Waals surface area contributed by atoms with Crippen LogP contribution in [0, 0.1) is 0 Å². The van der Waals surface area contributed by atoms with Gasteiger partial charge in [0.2, 0.25) is 0 Å². The van der Waals surface area contributed by atoms with Gasteiger partial charge in [0.15, 0.2) is 5.96 Å². The minimum absolute atomic E-state index is 0. The molecule has 1 aromatic heterocycles. The van der Waals surface area contributed by atoms with E-state index in [4.69, 9.17) is 14.1 Å². The van der Waals surface area contributed by atoms with Crippen molar-refractivity contribution in [1.82, 2.24) is 20.4 Å². The van der Waals surface area contributed by atoms with Gasteiger partial charge in [0.25, 0.3) is 0 Å². The first-order valence-corrected chi connectivity index (χ1v) is 11.3. The van der Waals surface area contributed by atoms with Crippen LogP contribution in [0.1, 0.15) is 38.9 Å². The number of nitrogens with zero attached hydrogens (tertiary/aromatic N) is 3. The molecule has 2 aliphatic rings. The highest BCUT2D eigenvalue weighted by atomic mass is 127. The Morgan fingerprint density at radius 1 is 1.20 bits per heavy atom. The summed E-state index contributed by atoms with van der Waals surface area (Å²) >= 11 is 0. The van der Waals surface area contributed by atoms with E-state index >= 15 is 0 Å². The van der Waals surface area contributed by atoms with Crippen LogP contribution in [-0.2, 0) is 11.2 Å². The molecule has 2 N–H and O–H groups in total. The second kappa shape index (κ2) is 14.3. The molecule has 1 aromatic rings. The van der Waals surface area contributed by atoms with Crippen LogP contribution in [0.2, 0.25) is 0 Å². The SMILES string of the molecule is CC(C)N1CCC(NC(=NCCCN2CCOCC2)NCCc2ccco2)CC1.I. The fourth-order valence-corrected chi connectivity index (χ4v) is 3.98. The molecule has 3 heterocycles. The van der Waals surface area contributed by atoms with E-state index in [0.29, 0.717) is 12.1 Å². The molecule has 2 saturated heterocycles. The fraction of sp³-hybridized carbons (Fsp3) is 0.773. The van der Waals surface area contributed by atoms with E-state index < -0.39 is 0 Å². The maximum atomic E-state index is 5.44. The highest BCUT2D eigenvalue weighted by Crippen LogP contribution is 2.13. The number of guanidine groups is 1. The fourth-order valence-electron chi connectivity index (χ4n) is 3.98. The van der Waals surface area contributed by atoms with Gasteiger partial charge >= 0.3 is 0 Å². The number of hydrogen-bond acceptors (Lipinski definition) is 5. The molecule has 30 heavy (non-hydrogen) atoms. The molecule has 0 bridgehead atoms. The van der Waals surface area contributed by atoms with Crippen LogP contribution in [0.25, 0.3) is 0 Å². The Hall–Kier alpha value is -0.840. The predicted octanol–water partition coefficient (Wildman–Crippen LogP) is 2.57. The number of ether oxygens (including phenoxy) is 1. The highest BCUT2D eigenvalue weighted by Gasteiger charge is 2.21. The third-order valence-electron chi connectivity index (χ3n) is 5.85. The van der Waals surface area contributed by atoms with Crippen molar-refractivity contribution in [1.29, 1.82) is 0 Å². The summed E-state index contributed by atoms with van der Waals surface area (Å²) in [6, 6.07) is 5.10. The van der Waals surface area contributed by atoms with Crippen molar-refractivity contribution in [3.05, 3.63) is 24.2 Å². The summed E-state index contributed by atoms with van der Waals surface area (Å²) in [7, 11) is 0. The summed E-state index contributed by atoms with van der Waals surface area (Å²) in [5, 5.41) is 7.19. The Kier molecular flexibility index (Phi) is 12.1. The Morgan fingerprint density at radius 3 is 2.63 bits per heavy atom. The molecular weight excluding hydrogens is 493 g/mol. The smallest absolute Gasteiger partial charge is 0.191 e. The number of likely N-dealkylation sites (tertiary alicyclic amines) is 1.